The summed E-state index contributed by atoms with van der Waals surface area (Å²) in [4.78, 5) is 12.7. The number of phenols is 1. The van der Waals surface area contributed by atoms with Crippen LogP contribution in [-0.4, -0.2) is 15.1 Å². The van der Waals surface area contributed by atoms with Crippen LogP contribution in [0.1, 0.15) is 16.7 Å². The summed E-state index contributed by atoms with van der Waals surface area (Å²) in [7, 11) is 0. The molecule has 0 atom stereocenters. The van der Waals surface area contributed by atoms with Gasteiger partial charge >= 0.3 is 0 Å². The first-order valence-corrected chi connectivity index (χ1v) is 9.46. The molecular formula is C21H20N2O4S. The van der Waals surface area contributed by atoms with Gasteiger partial charge < -0.3 is 15.5 Å². The maximum Gasteiger partial charge on any atom is 0.269 e. The first kappa shape index (κ1) is 19.7. The van der Waals surface area contributed by atoms with E-state index < -0.39 is 4.92 Å². The van der Waals surface area contributed by atoms with Crippen LogP contribution in [-0.2, 0) is 13.2 Å². The number of nitro groups is 1. The Morgan fingerprint density at radius 3 is 2.46 bits per heavy atom. The molecule has 0 saturated heterocycles. The molecule has 3 aromatic carbocycles. The number of aliphatic hydroxyl groups excluding tert-OH is 1. The molecule has 0 unspecified atom stereocenters. The molecule has 6 nitrogen and oxygen atoms in total. The van der Waals surface area contributed by atoms with Crippen LogP contribution in [0.3, 0.4) is 0 Å². The highest BCUT2D eigenvalue weighted by atomic mass is 32.2. The number of nitrogens with one attached hydrogen (secondary N) is 1. The third-order valence-electron chi connectivity index (χ3n) is 4.24. The summed E-state index contributed by atoms with van der Waals surface area (Å²) in [5, 5.41) is 33.4. The highest BCUT2D eigenvalue weighted by molar-refractivity contribution is 7.99. The molecule has 0 aliphatic rings. The van der Waals surface area contributed by atoms with Gasteiger partial charge in [-0.25, -0.2) is 0 Å². The minimum atomic E-state index is -0.408. The Morgan fingerprint density at radius 1 is 1.04 bits per heavy atom. The van der Waals surface area contributed by atoms with Crippen molar-refractivity contribution in [2.24, 2.45) is 0 Å². The number of benzene rings is 3. The number of hydrogen-bond acceptors (Lipinski definition) is 6. The van der Waals surface area contributed by atoms with E-state index in [1.165, 1.54) is 17.7 Å². The number of anilines is 1. The lowest BCUT2D eigenvalue weighted by atomic mass is 10.1. The van der Waals surface area contributed by atoms with Crippen LogP contribution in [0, 0.1) is 17.0 Å². The average Bonchev–Trinajstić information content (AvgIpc) is 2.69. The van der Waals surface area contributed by atoms with Crippen molar-refractivity contribution in [1.29, 1.82) is 0 Å². The number of hydrogen-bond donors (Lipinski definition) is 3. The molecule has 3 N–H and O–H groups in total. The second-order valence-corrected chi connectivity index (χ2v) is 7.43. The third-order valence-corrected chi connectivity index (χ3v) is 5.36. The van der Waals surface area contributed by atoms with E-state index in [9.17, 15) is 20.3 Å². The van der Waals surface area contributed by atoms with Gasteiger partial charge in [-0.2, -0.15) is 0 Å². The largest absolute Gasteiger partial charge is 0.508 e. The first-order valence-electron chi connectivity index (χ1n) is 8.64. The van der Waals surface area contributed by atoms with E-state index in [0.717, 1.165) is 15.4 Å². The highest BCUT2D eigenvalue weighted by Gasteiger charge is 2.12. The molecule has 0 heterocycles. The van der Waals surface area contributed by atoms with Crippen LogP contribution in [0.15, 0.2) is 70.5 Å². The van der Waals surface area contributed by atoms with Crippen molar-refractivity contribution in [3.63, 3.8) is 0 Å². The van der Waals surface area contributed by atoms with Crippen LogP contribution in [0.4, 0.5) is 11.4 Å². The molecule has 0 aliphatic heterocycles. The molecule has 0 aliphatic carbocycles. The van der Waals surface area contributed by atoms with E-state index in [0.29, 0.717) is 17.8 Å². The summed E-state index contributed by atoms with van der Waals surface area (Å²) in [5.41, 5.74) is 3.12. The highest BCUT2D eigenvalue weighted by Crippen LogP contribution is 2.33. The van der Waals surface area contributed by atoms with Crippen molar-refractivity contribution >= 4 is 23.1 Å². The predicted molar refractivity (Wildman–Crippen MR) is 110 cm³/mol. The maximum atomic E-state index is 11.2. The molecule has 0 fully saturated rings. The lowest BCUT2D eigenvalue weighted by Gasteiger charge is -2.13. The normalized spacial score (nSPS) is 10.6. The molecule has 7 heteroatoms. The number of aryl methyl sites for hydroxylation is 1. The fourth-order valence-corrected chi connectivity index (χ4v) is 3.59. The zero-order valence-electron chi connectivity index (χ0n) is 15.3. The van der Waals surface area contributed by atoms with Crippen LogP contribution >= 0.6 is 11.8 Å². The molecule has 3 aromatic rings. The topological polar surface area (TPSA) is 95.6 Å². The number of nitro benzene ring substituents is 1. The number of aliphatic hydroxyl groups is 1. The van der Waals surface area contributed by atoms with Gasteiger partial charge in [0.1, 0.15) is 5.75 Å². The molecule has 0 radical (unpaired) electrons. The number of aromatic hydroxyl groups is 1. The minimum Gasteiger partial charge on any atom is -0.508 e. The monoisotopic (exact) mass is 396 g/mol. The fourth-order valence-electron chi connectivity index (χ4n) is 2.67. The Bertz CT molecular complexity index is 990. The van der Waals surface area contributed by atoms with E-state index in [-0.39, 0.29) is 18.0 Å². The van der Waals surface area contributed by atoms with Crippen molar-refractivity contribution in [2.75, 3.05) is 5.32 Å². The van der Waals surface area contributed by atoms with Gasteiger partial charge in [0, 0.05) is 39.7 Å². The Hall–Kier alpha value is -3.03. The lowest BCUT2D eigenvalue weighted by Crippen LogP contribution is -2.02. The average molecular weight is 396 g/mol. The summed E-state index contributed by atoms with van der Waals surface area (Å²) in [6.07, 6.45) is 0. The molecule has 28 heavy (non-hydrogen) atoms. The molecule has 0 spiro atoms. The Morgan fingerprint density at radius 2 is 1.79 bits per heavy atom. The van der Waals surface area contributed by atoms with Gasteiger partial charge in [0.15, 0.2) is 0 Å². The Labute approximate surface area is 167 Å². The van der Waals surface area contributed by atoms with Crippen LogP contribution in [0.25, 0.3) is 0 Å². The second-order valence-electron chi connectivity index (χ2n) is 6.32. The molecule has 0 saturated carbocycles. The molecule has 0 aromatic heterocycles. The predicted octanol–water partition coefficient (Wildman–Crippen LogP) is 4.86. The van der Waals surface area contributed by atoms with Crippen molar-refractivity contribution in [1.82, 2.24) is 0 Å². The van der Waals surface area contributed by atoms with Crippen molar-refractivity contribution in [3.8, 4) is 5.75 Å². The maximum absolute atomic E-state index is 11.2. The van der Waals surface area contributed by atoms with Gasteiger partial charge in [-0.1, -0.05) is 29.5 Å². The molecule has 0 bridgehead atoms. The van der Waals surface area contributed by atoms with Gasteiger partial charge in [-0.3, -0.25) is 10.1 Å². The van der Waals surface area contributed by atoms with E-state index in [4.69, 9.17) is 0 Å². The standard InChI is InChI=1S/C21H20N2O4S/c1-14-2-6-19(7-3-14)28-21-9-5-18(23(26)27)11-15(21)12-22-17-4-8-20(25)16(10-17)13-24/h2-11,22,24-25H,12-13H2,1H3. The van der Waals surface area contributed by atoms with Gasteiger partial charge in [-0.15, -0.1) is 0 Å². The smallest absolute Gasteiger partial charge is 0.269 e. The van der Waals surface area contributed by atoms with E-state index in [1.807, 2.05) is 31.2 Å². The number of rotatable bonds is 7. The summed E-state index contributed by atoms with van der Waals surface area (Å²) >= 11 is 1.55. The van der Waals surface area contributed by atoms with E-state index in [1.54, 1.807) is 36.0 Å². The minimum absolute atomic E-state index is 0.0269. The van der Waals surface area contributed by atoms with Crippen LogP contribution in [0.5, 0.6) is 5.75 Å². The van der Waals surface area contributed by atoms with Crippen LogP contribution in [0.2, 0.25) is 0 Å². The summed E-state index contributed by atoms with van der Waals surface area (Å²) in [5.74, 6) is 0.0269. The Balaban J connectivity index is 1.85. The summed E-state index contributed by atoms with van der Waals surface area (Å²) in [6.45, 7) is 2.12. The number of nitrogens with zero attached hydrogens (tertiary/aromatic N) is 1. The summed E-state index contributed by atoms with van der Waals surface area (Å²) in [6, 6.07) is 17.8. The second kappa shape index (κ2) is 8.77. The van der Waals surface area contributed by atoms with Crippen LogP contribution < -0.4 is 5.32 Å². The summed E-state index contributed by atoms with van der Waals surface area (Å²) < 4.78 is 0. The fraction of sp³-hybridized carbons (Fsp3) is 0.143. The van der Waals surface area contributed by atoms with E-state index >= 15 is 0 Å². The molecule has 3 rings (SSSR count). The quantitative estimate of drug-likeness (QED) is 0.300. The molecule has 0 amide bonds. The first-order chi connectivity index (χ1) is 13.5. The van der Waals surface area contributed by atoms with Gasteiger partial charge in [0.05, 0.1) is 11.5 Å². The molecular weight excluding hydrogens is 376 g/mol. The SMILES string of the molecule is Cc1ccc(Sc2ccc([N+](=O)[O-])cc2CNc2ccc(O)c(CO)c2)cc1. The zero-order chi connectivity index (χ0) is 20.1. The molecule has 144 valence electrons. The van der Waals surface area contributed by atoms with Crippen molar-refractivity contribution in [3.05, 3.63) is 87.5 Å². The van der Waals surface area contributed by atoms with Gasteiger partial charge in [0.25, 0.3) is 5.69 Å². The Kier molecular flexibility index (Phi) is 6.18. The van der Waals surface area contributed by atoms with E-state index in [2.05, 4.69) is 5.32 Å². The van der Waals surface area contributed by atoms with Gasteiger partial charge in [0.2, 0.25) is 0 Å². The number of non-ortho nitro benzene ring substituents is 1. The third kappa shape index (κ3) is 4.82. The zero-order valence-corrected chi connectivity index (χ0v) is 16.1. The van der Waals surface area contributed by atoms with Crippen molar-refractivity contribution < 1.29 is 15.1 Å². The van der Waals surface area contributed by atoms with Crippen molar-refractivity contribution in [2.45, 2.75) is 29.9 Å². The lowest BCUT2D eigenvalue weighted by molar-refractivity contribution is -0.385. The van der Waals surface area contributed by atoms with Gasteiger partial charge in [-0.05, 0) is 48.9 Å².